The molecule has 0 aromatic rings. The Morgan fingerprint density at radius 1 is 0.421 bits per heavy atom. The Balaban J connectivity index is 1.14. The molecular weight excluding hydrogens is 1220 g/mol. The van der Waals surface area contributed by atoms with Crippen LogP contribution in [0.5, 0.6) is 0 Å². The number of hydrogen-bond acceptors (Lipinski definition) is 21. The Morgan fingerprint density at radius 3 is 1.33 bits per heavy atom. The second-order valence-electron chi connectivity index (χ2n) is 27.4. The van der Waals surface area contributed by atoms with Crippen LogP contribution in [0.1, 0.15) is 251 Å². The molecule has 0 spiro atoms. The Kier molecular flexibility index (Phi) is 45.0. The minimum absolute atomic E-state index is 0.0254. The number of rotatable bonds is 53. The minimum Gasteiger partial charge on any atom is -0.394 e. The third-order valence-corrected chi connectivity index (χ3v) is 19.3. The molecule has 554 valence electrons. The number of nitrogens with two attached hydrogens (primary N) is 4. The number of allylic oxidation sites excluding steroid dienone is 4. The fraction of sp³-hybridized carbons (Fsp3) is 0.901. The molecule has 0 aromatic heterocycles. The van der Waals surface area contributed by atoms with Crippen molar-refractivity contribution in [2.24, 2.45) is 22.9 Å². The maximum atomic E-state index is 13.6. The number of amides is 3. The van der Waals surface area contributed by atoms with Crippen LogP contribution in [0.2, 0.25) is 0 Å². The number of ether oxygens (including phenoxy) is 6. The Bertz CT molecular complexity index is 2010. The van der Waals surface area contributed by atoms with Crippen LogP contribution >= 0.6 is 0 Å². The van der Waals surface area contributed by atoms with Crippen LogP contribution < -0.4 is 33.6 Å². The van der Waals surface area contributed by atoms with Gasteiger partial charge in [0.05, 0.1) is 31.4 Å². The zero-order valence-corrected chi connectivity index (χ0v) is 58.2. The van der Waals surface area contributed by atoms with Crippen molar-refractivity contribution in [2.45, 2.75) is 368 Å². The third kappa shape index (κ3) is 32.1. The van der Waals surface area contributed by atoms with Crippen molar-refractivity contribution >= 4 is 17.7 Å². The zero-order valence-electron chi connectivity index (χ0n) is 58.2. The molecule has 1 saturated carbocycles. The number of aliphatic hydroxyl groups excluding tert-OH is 8. The predicted octanol–water partition coefficient (Wildman–Crippen LogP) is 5.44. The monoisotopic (exact) mass is 1360 g/mol. The van der Waals surface area contributed by atoms with Crippen LogP contribution in [0.15, 0.2) is 24.3 Å². The van der Waals surface area contributed by atoms with E-state index in [1.54, 1.807) is 0 Å². The number of hydrogen-bond donors (Lipinski definition) is 14. The zero-order chi connectivity index (χ0) is 69.2. The van der Waals surface area contributed by atoms with Crippen LogP contribution in [0, 0.1) is 0 Å². The molecule has 2 unspecified atom stereocenters. The number of carbonyl (C=O) groups is 3. The van der Waals surface area contributed by atoms with Gasteiger partial charge in [-0.15, -0.1) is 0 Å². The molecule has 3 aliphatic heterocycles. The number of nitrogens with zero attached hydrogens (tertiary/aromatic N) is 1. The molecule has 4 rings (SSSR count). The summed E-state index contributed by atoms with van der Waals surface area (Å²) in [5, 5.41) is 91.3. The van der Waals surface area contributed by atoms with Gasteiger partial charge in [-0.2, -0.15) is 0 Å². The second kappa shape index (κ2) is 50.5. The van der Waals surface area contributed by atoms with E-state index in [-0.39, 0.29) is 49.9 Å². The van der Waals surface area contributed by atoms with Crippen LogP contribution in [0.25, 0.3) is 0 Å². The lowest BCUT2D eigenvalue weighted by atomic mass is 9.84. The van der Waals surface area contributed by atoms with Crippen LogP contribution in [-0.2, 0) is 42.8 Å². The molecule has 0 radical (unpaired) electrons. The average molecular weight is 1360 g/mol. The maximum Gasteiger partial charge on any atom is 0.223 e. The van der Waals surface area contributed by atoms with Crippen LogP contribution in [-0.4, -0.2) is 219 Å². The van der Waals surface area contributed by atoms with Gasteiger partial charge in [0.15, 0.2) is 18.9 Å². The number of nitrogens with one attached hydrogen (secondary N) is 2. The van der Waals surface area contributed by atoms with E-state index in [0.29, 0.717) is 25.8 Å². The van der Waals surface area contributed by atoms with E-state index in [1.807, 2.05) is 4.90 Å². The highest BCUT2D eigenvalue weighted by molar-refractivity contribution is 5.83. The molecule has 95 heavy (non-hydrogen) atoms. The smallest absolute Gasteiger partial charge is 0.223 e. The van der Waals surface area contributed by atoms with Gasteiger partial charge in [0, 0.05) is 57.5 Å². The lowest BCUT2D eigenvalue weighted by Crippen LogP contribution is -2.68. The lowest BCUT2D eigenvalue weighted by Gasteiger charge is -2.47. The summed E-state index contributed by atoms with van der Waals surface area (Å²) in [6, 6.07) is -4.59. The van der Waals surface area contributed by atoms with Crippen LogP contribution in [0.3, 0.4) is 0 Å². The largest absolute Gasteiger partial charge is 0.394 e. The van der Waals surface area contributed by atoms with E-state index in [4.69, 9.17) is 51.4 Å². The van der Waals surface area contributed by atoms with Crippen molar-refractivity contribution in [1.29, 1.82) is 0 Å². The Labute approximate surface area is 569 Å². The Morgan fingerprint density at radius 2 is 0.832 bits per heavy atom. The normalized spacial score (nSPS) is 30.4. The van der Waals surface area contributed by atoms with Gasteiger partial charge in [-0.1, -0.05) is 173 Å². The number of carbonyl (C=O) groups excluding carboxylic acids is 3. The van der Waals surface area contributed by atoms with E-state index in [9.17, 15) is 55.2 Å². The molecule has 3 heterocycles. The minimum atomic E-state index is -1.72. The van der Waals surface area contributed by atoms with Crippen molar-refractivity contribution in [2.75, 3.05) is 39.4 Å². The van der Waals surface area contributed by atoms with Crippen LogP contribution in [0.4, 0.5) is 0 Å². The summed E-state index contributed by atoms with van der Waals surface area (Å²) >= 11 is 0. The molecule has 24 nitrogen and oxygen atoms in total. The standard InChI is InChI=1S/C71H133N7O17/c1-3-5-7-9-11-13-15-17-19-21-23-25-27-29-31-33-38-44-78(45-39-34-32-30-28-26-24-22-20-18-16-14-12-10-8-6-4-2)57(83)42-41-56(82)76-43-37-35-36-40-55(81)77-47-52-61(85)63(87)58(74)69(90-52)94-67-54(49-80)92-71(65(67)89)95-68-60(84)50(72)46-51(73)66(68)93-70-59(75)64(88)62(86)53(48-79)91-70/h19-22,50-54,58-71,79-80,84-89H,3-18,23-49,72-75H2,1-2H3,(H,76,82)(H,77,81)/b21-19+,22-20+/t50-,51+,52?,53-,54?,58-,59-,60+,61-,62-,63-,64-,65-,66-,67-,68-,69-,70-,71+/m1/s1. The number of unbranched alkanes of at least 4 members (excludes halogenated alkanes) is 28. The van der Waals surface area contributed by atoms with Crippen molar-refractivity contribution in [3.05, 3.63) is 24.3 Å². The SMILES string of the molecule is CCCCCCCCC/C=C/CCCCCCCCN(CCCCCCCC/C=C/CCCCCCCCC)C(=O)CCC(=O)NCCCCCC(=O)NCC1O[C@H](O[C@@H]2C(CO)O[C@@H](O[C@@H]3[C@@H](O)[C@H](N)C[C@H](N)[C@H]3O[C@H]3O[C@H](CO)[C@@H](O)[C@H](O)[C@H]3N)[C@@H]2O)[C@H](N)[C@@H](O)[C@@H]1O. The summed E-state index contributed by atoms with van der Waals surface area (Å²) in [5.74, 6) is -0.516. The lowest BCUT2D eigenvalue weighted by molar-refractivity contribution is -0.310. The van der Waals surface area contributed by atoms with Gasteiger partial charge < -0.3 is 108 Å². The topological polar surface area (TPSA) is 400 Å². The fourth-order valence-corrected chi connectivity index (χ4v) is 13.1. The van der Waals surface area contributed by atoms with Gasteiger partial charge in [0.25, 0.3) is 0 Å². The number of aliphatic hydroxyl groups is 8. The van der Waals surface area contributed by atoms with Gasteiger partial charge >= 0.3 is 0 Å². The highest BCUT2D eigenvalue weighted by Gasteiger charge is 2.54. The van der Waals surface area contributed by atoms with E-state index in [2.05, 4.69) is 48.8 Å². The summed E-state index contributed by atoms with van der Waals surface area (Å²) in [7, 11) is 0. The highest BCUT2D eigenvalue weighted by Crippen LogP contribution is 2.35. The first-order chi connectivity index (χ1) is 46.0. The summed E-state index contributed by atoms with van der Waals surface area (Å²) in [4.78, 5) is 41.6. The quantitative estimate of drug-likeness (QED) is 0.0266. The second-order valence-corrected chi connectivity index (χ2v) is 27.4. The summed E-state index contributed by atoms with van der Waals surface area (Å²) < 4.78 is 35.6. The molecule has 0 bridgehead atoms. The molecule has 24 heteroatoms. The van der Waals surface area contributed by atoms with E-state index in [0.717, 1.165) is 64.5 Å². The summed E-state index contributed by atoms with van der Waals surface area (Å²) in [6.07, 6.45) is 26.8. The van der Waals surface area contributed by atoms with Crippen molar-refractivity contribution in [1.82, 2.24) is 15.5 Å². The predicted molar refractivity (Wildman–Crippen MR) is 366 cm³/mol. The Hall–Kier alpha value is -2.83. The van der Waals surface area contributed by atoms with E-state index in [1.165, 1.54) is 141 Å². The third-order valence-electron chi connectivity index (χ3n) is 19.3. The molecule has 0 aromatic carbocycles. The molecule has 19 atom stereocenters. The first-order valence-electron chi connectivity index (χ1n) is 37.3. The van der Waals surface area contributed by atoms with Crippen molar-refractivity contribution in [3.8, 4) is 0 Å². The molecular formula is C71H133N7O17. The molecule has 1 aliphatic carbocycles. The first kappa shape index (κ1) is 84.6. The van der Waals surface area contributed by atoms with E-state index >= 15 is 0 Å². The van der Waals surface area contributed by atoms with Crippen molar-refractivity contribution < 1.29 is 83.7 Å². The summed E-state index contributed by atoms with van der Waals surface area (Å²) in [5.41, 5.74) is 25.0. The molecule has 4 aliphatic rings. The molecule has 4 fully saturated rings. The molecule has 18 N–H and O–H groups in total. The molecule has 3 amide bonds. The summed E-state index contributed by atoms with van der Waals surface area (Å²) in [6.45, 7) is 4.69. The van der Waals surface area contributed by atoms with Crippen molar-refractivity contribution in [3.63, 3.8) is 0 Å². The average Bonchev–Trinajstić information content (AvgIpc) is 1.77. The first-order valence-corrected chi connectivity index (χ1v) is 37.3. The molecule has 3 saturated heterocycles. The van der Waals surface area contributed by atoms with Gasteiger partial charge in [0.2, 0.25) is 17.7 Å². The van der Waals surface area contributed by atoms with Gasteiger partial charge in [-0.25, -0.2) is 0 Å². The van der Waals surface area contributed by atoms with Gasteiger partial charge in [-0.3, -0.25) is 14.4 Å². The fourth-order valence-electron chi connectivity index (χ4n) is 13.1. The van der Waals surface area contributed by atoms with E-state index < -0.39 is 129 Å². The van der Waals surface area contributed by atoms with Gasteiger partial charge in [-0.05, 0) is 83.5 Å². The van der Waals surface area contributed by atoms with Gasteiger partial charge in [0.1, 0.15) is 67.1 Å². The maximum absolute atomic E-state index is 13.6. The highest BCUT2D eigenvalue weighted by atomic mass is 16.8.